The van der Waals surface area contributed by atoms with Gasteiger partial charge in [-0.2, -0.15) is 4.99 Å². The summed E-state index contributed by atoms with van der Waals surface area (Å²) in [6.07, 6.45) is 7.11. The topological polar surface area (TPSA) is 71.7 Å². The van der Waals surface area contributed by atoms with Gasteiger partial charge in [0.05, 0.1) is 37.4 Å². The molecule has 1 aliphatic rings. The van der Waals surface area contributed by atoms with Crippen molar-refractivity contribution in [3.05, 3.63) is 86.6 Å². The SMILES string of the molecule is C#CCn1c(=NC(=O)c2ccc(S(=O)(=O)N3CCCc4ccccc43)cc2)sc2ccc(Cl)c(Cl)c21. The van der Waals surface area contributed by atoms with Gasteiger partial charge in [0.2, 0.25) is 0 Å². The van der Waals surface area contributed by atoms with E-state index in [4.69, 9.17) is 29.6 Å². The molecule has 0 saturated carbocycles. The van der Waals surface area contributed by atoms with Gasteiger partial charge in [0.1, 0.15) is 0 Å². The van der Waals surface area contributed by atoms with Gasteiger partial charge in [-0.3, -0.25) is 9.10 Å². The maximum absolute atomic E-state index is 13.4. The van der Waals surface area contributed by atoms with Crippen LogP contribution in [0.2, 0.25) is 10.0 Å². The van der Waals surface area contributed by atoms with Crippen LogP contribution in [0, 0.1) is 12.3 Å². The fraction of sp³-hybridized carbons (Fsp3) is 0.154. The molecule has 0 saturated heterocycles. The highest BCUT2D eigenvalue weighted by atomic mass is 35.5. The van der Waals surface area contributed by atoms with Gasteiger partial charge < -0.3 is 4.57 Å². The molecule has 36 heavy (non-hydrogen) atoms. The molecule has 5 rings (SSSR count). The predicted octanol–water partition coefficient (Wildman–Crippen LogP) is 5.53. The zero-order chi connectivity index (χ0) is 25.4. The van der Waals surface area contributed by atoms with E-state index in [1.165, 1.54) is 39.9 Å². The van der Waals surface area contributed by atoms with Crippen LogP contribution < -0.4 is 9.11 Å². The maximum atomic E-state index is 13.4. The summed E-state index contributed by atoms with van der Waals surface area (Å²) in [5.41, 5.74) is 2.56. The number of aryl methyl sites for hydroxylation is 1. The molecule has 3 aromatic carbocycles. The van der Waals surface area contributed by atoms with E-state index in [-0.39, 0.29) is 17.0 Å². The first-order valence-corrected chi connectivity index (χ1v) is 14.0. The minimum atomic E-state index is -3.78. The Labute approximate surface area is 222 Å². The molecule has 0 unspecified atom stereocenters. The second-order valence-corrected chi connectivity index (χ2v) is 11.8. The zero-order valence-corrected chi connectivity index (χ0v) is 22.0. The van der Waals surface area contributed by atoms with Crippen LogP contribution in [-0.2, 0) is 23.0 Å². The average molecular weight is 556 g/mol. The highest BCUT2D eigenvalue weighted by Crippen LogP contribution is 2.33. The lowest BCUT2D eigenvalue weighted by Crippen LogP contribution is -2.35. The summed E-state index contributed by atoms with van der Waals surface area (Å²) in [7, 11) is -3.78. The van der Waals surface area contributed by atoms with Crippen LogP contribution in [-0.4, -0.2) is 25.4 Å². The molecule has 0 radical (unpaired) electrons. The number of benzene rings is 3. The molecule has 4 aromatic rings. The van der Waals surface area contributed by atoms with Crippen LogP contribution >= 0.6 is 34.5 Å². The number of anilines is 1. The van der Waals surface area contributed by atoms with E-state index in [9.17, 15) is 13.2 Å². The van der Waals surface area contributed by atoms with Crippen LogP contribution in [0.15, 0.2) is 70.6 Å². The number of carbonyl (C=O) groups excluding carboxylic acids is 1. The number of thiazole rings is 1. The van der Waals surface area contributed by atoms with Gasteiger partial charge in [-0.05, 0) is 60.9 Å². The normalized spacial score (nSPS) is 14.0. The molecule has 6 nitrogen and oxygen atoms in total. The van der Waals surface area contributed by atoms with Crippen molar-refractivity contribution in [1.82, 2.24) is 4.57 Å². The summed E-state index contributed by atoms with van der Waals surface area (Å²) >= 11 is 13.8. The average Bonchev–Trinajstić information content (AvgIpc) is 3.23. The Balaban J connectivity index is 1.49. The lowest BCUT2D eigenvalue weighted by Gasteiger charge is -2.30. The molecule has 0 bridgehead atoms. The molecule has 1 amide bonds. The number of terminal acetylenes is 1. The first-order chi connectivity index (χ1) is 17.3. The summed E-state index contributed by atoms with van der Waals surface area (Å²) < 4.78 is 30.6. The molecule has 2 heterocycles. The Morgan fingerprint density at radius 1 is 1.08 bits per heavy atom. The number of hydrogen-bond donors (Lipinski definition) is 0. The number of hydrogen-bond acceptors (Lipinski definition) is 4. The molecule has 1 aliphatic heterocycles. The van der Waals surface area contributed by atoms with Gasteiger partial charge in [0.15, 0.2) is 4.80 Å². The Morgan fingerprint density at radius 2 is 1.83 bits per heavy atom. The molecule has 0 aliphatic carbocycles. The number of carbonyl (C=O) groups is 1. The minimum Gasteiger partial charge on any atom is -0.303 e. The molecule has 0 spiro atoms. The number of sulfonamides is 1. The Kier molecular flexibility index (Phi) is 6.66. The van der Waals surface area contributed by atoms with Gasteiger partial charge >= 0.3 is 0 Å². The third-order valence-corrected chi connectivity index (χ3v) is 9.60. The number of halogens is 2. The van der Waals surface area contributed by atoms with Crippen molar-refractivity contribution in [1.29, 1.82) is 0 Å². The van der Waals surface area contributed by atoms with Crippen LogP contribution in [0.4, 0.5) is 5.69 Å². The van der Waals surface area contributed by atoms with E-state index in [0.717, 1.165) is 23.1 Å². The smallest absolute Gasteiger partial charge is 0.279 e. The summed E-state index contributed by atoms with van der Waals surface area (Å²) in [6, 6.07) is 16.8. The number of aromatic nitrogens is 1. The third-order valence-electron chi connectivity index (χ3n) is 5.94. The second kappa shape index (κ2) is 9.75. The molecule has 0 N–H and O–H groups in total. The summed E-state index contributed by atoms with van der Waals surface area (Å²) in [6.45, 7) is 0.559. The van der Waals surface area contributed by atoms with Gasteiger partial charge in [-0.1, -0.05) is 58.7 Å². The Bertz CT molecular complexity index is 1720. The first-order valence-electron chi connectivity index (χ1n) is 11.0. The van der Waals surface area contributed by atoms with Gasteiger partial charge in [-0.25, -0.2) is 8.42 Å². The van der Waals surface area contributed by atoms with Crippen LogP contribution in [0.25, 0.3) is 10.2 Å². The number of nitrogens with zero attached hydrogens (tertiary/aromatic N) is 3. The Morgan fingerprint density at radius 3 is 2.58 bits per heavy atom. The fourth-order valence-electron chi connectivity index (χ4n) is 4.22. The first kappa shape index (κ1) is 24.6. The van der Waals surface area contributed by atoms with Crippen molar-refractivity contribution in [3.63, 3.8) is 0 Å². The molecule has 1 aromatic heterocycles. The van der Waals surface area contributed by atoms with Crippen LogP contribution in [0.3, 0.4) is 0 Å². The van der Waals surface area contributed by atoms with Crippen molar-refractivity contribution in [2.24, 2.45) is 4.99 Å². The monoisotopic (exact) mass is 555 g/mol. The minimum absolute atomic E-state index is 0.112. The molecule has 182 valence electrons. The molecular weight excluding hydrogens is 537 g/mol. The molecular formula is C26H19Cl2N3O3S2. The highest BCUT2D eigenvalue weighted by Gasteiger charge is 2.29. The lowest BCUT2D eigenvalue weighted by atomic mass is 10.0. The van der Waals surface area contributed by atoms with E-state index in [1.54, 1.807) is 16.7 Å². The molecule has 10 heteroatoms. The summed E-state index contributed by atoms with van der Waals surface area (Å²) in [5.74, 6) is 2.02. The van der Waals surface area contributed by atoms with Crippen molar-refractivity contribution in [2.45, 2.75) is 24.3 Å². The predicted molar refractivity (Wildman–Crippen MR) is 144 cm³/mol. The quantitative estimate of drug-likeness (QED) is 0.311. The van der Waals surface area contributed by atoms with Gasteiger partial charge in [-0.15, -0.1) is 6.42 Å². The van der Waals surface area contributed by atoms with E-state index in [0.29, 0.717) is 32.6 Å². The number of para-hydroxylation sites is 1. The van der Waals surface area contributed by atoms with Crippen molar-refractivity contribution < 1.29 is 13.2 Å². The summed E-state index contributed by atoms with van der Waals surface area (Å²) in [4.78, 5) is 17.7. The molecule has 0 fully saturated rings. The highest BCUT2D eigenvalue weighted by molar-refractivity contribution is 7.92. The number of rotatable bonds is 4. The van der Waals surface area contributed by atoms with Crippen molar-refractivity contribution in [3.8, 4) is 12.3 Å². The third kappa shape index (κ3) is 4.33. The number of amides is 1. The van der Waals surface area contributed by atoms with Gasteiger partial charge in [0, 0.05) is 12.1 Å². The summed E-state index contributed by atoms with van der Waals surface area (Å²) in [5, 5.41) is 0.710. The maximum Gasteiger partial charge on any atom is 0.279 e. The van der Waals surface area contributed by atoms with Crippen LogP contribution in [0.1, 0.15) is 22.3 Å². The van der Waals surface area contributed by atoms with Crippen molar-refractivity contribution >= 4 is 66.4 Å². The largest absolute Gasteiger partial charge is 0.303 e. The van der Waals surface area contributed by atoms with E-state index >= 15 is 0 Å². The lowest BCUT2D eigenvalue weighted by molar-refractivity contribution is 0.0998. The zero-order valence-electron chi connectivity index (χ0n) is 18.8. The second-order valence-electron chi connectivity index (χ2n) is 8.13. The van der Waals surface area contributed by atoms with E-state index < -0.39 is 15.9 Å². The fourth-order valence-corrected chi connectivity index (χ4v) is 7.28. The standard InChI is InChI=1S/C26H19Cl2N3O3S2/c1-2-15-30-24-22(14-13-20(27)23(24)28)35-26(30)29-25(32)18-9-11-19(12-10-18)36(33,34)31-16-5-7-17-6-3-4-8-21(17)31/h1,3-4,6,8-14H,5,7,15-16H2. The number of fused-ring (bicyclic) bond motifs is 2. The van der Waals surface area contributed by atoms with Crippen molar-refractivity contribution in [2.75, 3.05) is 10.8 Å². The van der Waals surface area contributed by atoms with E-state index in [2.05, 4.69) is 10.9 Å². The Hall–Kier alpha value is -3.09. The van der Waals surface area contributed by atoms with Crippen LogP contribution in [0.5, 0.6) is 0 Å². The van der Waals surface area contributed by atoms with Gasteiger partial charge in [0.25, 0.3) is 15.9 Å². The van der Waals surface area contributed by atoms with E-state index in [1.807, 2.05) is 24.3 Å². The molecule has 0 atom stereocenters.